The van der Waals surface area contributed by atoms with Gasteiger partial charge in [-0.25, -0.2) is 14.6 Å². The summed E-state index contributed by atoms with van der Waals surface area (Å²) in [4.78, 5) is 9.21. The van der Waals surface area contributed by atoms with Gasteiger partial charge in [0.15, 0.2) is 5.82 Å². The Bertz CT molecular complexity index is 810. The predicted octanol–water partition coefficient (Wildman–Crippen LogP) is 4.86. The second-order valence-electron chi connectivity index (χ2n) is 8.73. The van der Waals surface area contributed by atoms with Gasteiger partial charge in [-0.2, -0.15) is 5.10 Å². The zero-order chi connectivity index (χ0) is 18.4. The van der Waals surface area contributed by atoms with Gasteiger partial charge < -0.3 is 4.74 Å². The van der Waals surface area contributed by atoms with Gasteiger partial charge in [-0.15, -0.1) is 0 Å². The van der Waals surface area contributed by atoms with Gasteiger partial charge in [-0.3, -0.25) is 0 Å². The van der Waals surface area contributed by atoms with Crippen LogP contribution in [-0.2, 0) is 11.3 Å². The Labute approximate surface area is 165 Å². The van der Waals surface area contributed by atoms with E-state index in [2.05, 4.69) is 16.6 Å². The Hall–Kier alpha value is -1.46. The van der Waals surface area contributed by atoms with Crippen molar-refractivity contribution in [2.45, 2.75) is 69.9 Å². The van der Waals surface area contributed by atoms with E-state index in [1.54, 1.807) is 6.20 Å². The van der Waals surface area contributed by atoms with Crippen LogP contribution in [0.3, 0.4) is 0 Å². The molecule has 2 aliphatic carbocycles. The Morgan fingerprint density at radius 1 is 1.30 bits per heavy atom. The lowest BCUT2D eigenvalue weighted by molar-refractivity contribution is -0.134. The summed E-state index contributed by atoms with van der Waals surface area (Å²) in [6.45, 7) is 4.15. The van der Waals surface area contributed by atoms with Crippen LogP contribution in [0.4, 0.5) is 0 Å². The van der Waals surface area contributed by atoms with Crippen LogP contribution in [0.25, 0.3) is 11.4 Å². The third-order valence-electron chi connectivity index (χ3n) is 6.70. The van der Waals surface area contributed by atoms with Crippen molar-refractivity contribution in [1.82, 2.24) is 19.7 Å². The van der Waals surface area contributed by atoms with Crippen molar-refractivity contribution < 1.29 is 4.74 Å². The van der Waals surface area contributed by atoms with Crippen molar-refractivity contribution in [2.24, 2.45) is 11.8 Å². The van der Waals surface area contributed by atoms with E-state index in [0.717, 1.165) is 49.1 Å². The molecule has 2 saturated carbocycles. The molecule has 27 heavy (non-hydrogen) atoms. The molecule has 6 heteroatoms. The summed E-state index contributed by atoms with van der Waals surface area (Å²) >= 11 is 5.95. The number of pyridine rings is 1. The average molecular weight is 387 g/mol. The molecule has 1 spiro atoms. The molecule has 0 amide bonds. The lowest BCUT2D eigenvalue weighted by Crippen LogP contribution is -2.45. The second-order valence-corrected chi connectivity index (χ2v) is 9.12. The number of rotatable bonds is 5. The topological polar surface area (TPSA) is 52.8 Å². The number of aromatic nitrogens is 4. The molecule has 3 aliphatic rings. The standard InChI is InChI=1S/C21H27ClN4O/c1-14(15-3-4-15)13-26-20(16-7-10-27-21(11-16)8-2-9-21)24-19(25-26)17-5-6-18(22)23-12-17/h5-6,12,14-16H,2-4,7-11,13H2,1H3. The second kappa shape index (κ2) is 6.85. The van der Waals surface area contributed by atoms with Crippen LogP contribution in [0.1, 0.15) is 63.6 Å². The van der Waals surface area contributed by atoms with Gasteiger partial charge in [0.05, 0.1) is 5.60 Å². The quantitative estimate of drug-likeness (QED) is 0.689. The molecule has 2 aromatic rings. The van der Waals surface area contributed by atoms with Crippen molar-refractivity contribution in [2.75, 3.05) is 6.61 Å². The molecule has 144 valence electrons. The van der Waals surface area contributed by atoms with Crippen molar-refractivity contribution >= 4 is 11.6 Å². The van der Waals surface area contributed by atoms with Crippen LogP contribution < -0.4 is 0 Å². The van der Waals surface area contributed by atoms with Gasteiger partial charge in [-0.05, 0) is 68.9 Å². The molecule has 3 fully saturated rings. The lowest BCUT2D eigenvalue weighted by atomic mass is 9.72. The molecule has 0 bridgehead atoms. The highest BCUT2D eigenvalue weighted by Crippen LogP contribution is 2.47. The summed E-state index contributed by atoms with van der Waals surface area (Å²) < 4.78 is 8.33. The maximum atomic E-state index is 6.14. The normalized spacial score (nSPS) is 25.3. The summed E-state index contributed by atoms with van der Waals surface area (Å²) in [5, 5.41) is 5.41. The summed E-state index contributed by atoms with van der Waals surface area (Å²) in [6, 6.07) is 3.77. The Morgan fingerprint density at radius 3 is 2.81 bits per heavy atom. The van der Waals surface area contributed by atoms with E-state index < -0.39 is 0 Å². The number of hydrogen-bond acceptors (Lipinski definition) is 4. The number of hydrogen-bond donors (Lipinski definition) is 0. The highest BCUT2D eigenvalue weighted by molar-refractivity contribution is 6.29. The summed E-state index contributed by atoms with van der Waals surface area (Å²) in [7, 11) is 0. The summed E-state index contributed by atoms with van der Waals surface area (Å²) in [5.41, 5.74) is 1.05. The maximum absolute atomic E-state index is 6.14. The van der Waals surface area contributed by atoms with Gasteiger partial charge in [0.25, 0.3) is 0 Å². The molecule has 0 aromatic carbocycles. The predicted molar refractivity (Wildman–Crippen MR) is 105 cm³/mol. The first-order valence-electron chi connectivity index (χ1n) is 10.3. The van der Waals surface area contributed by atoms with Gasteiger partial charge in [0, 0.05) is 30.8 Å². The molecule has 5 rings (SSSR count). The SMILES string of the molecule is CC(Cn1nc(-c2ccc(Cl)nc2)nc1C1CCOC2(CCC2)C1)C1CC1. The number of nitrogens with zero attached hydrogens (tertiary/aromatic N) is 4. The third-order valence-corrected chi connectivity index (χ3v) is 6.92. The van der Waals surface area contributed by atoms with Crippen molar-refractivity contribution in [3.8, 4) is 11.4 Å². The first-order valence-corrected chi connectivity index (χ1v) is 10.7. The minimum absolute atomic E-state index is 0.115. The molecular weight excluding hydrogens is 360 g/mol. The van der Waals surface area contributed by atoms with E-state index in [-0.39, 0.29) is 5.60 Å². The first kappa shape index (κ1) is 17.6. The van der Waals surface area contributed by atoms with Crippen LogP contribution in [0.2, 0.25) is 5.15 Å². The van der Waals surface area contributed by atoms with Crippen molar-refractivity contribution in [1.29, 1.82) is 0 Å². The summed E-state index contributed by atoms with van der Waals surface area (Å²) in [6.07, 6.45) is 10.3. The zero-order valence-electron chi connectivity index (χ0n) is 15.9. The van der Waals surface area contributed by atoms with E-state index in [4.69, 9.17) is 26.4 Å². The number of halogens is 1. The Balaban J connectivity index is 1.46. The molecule has 3 heterocycles. The van der Waals surface area contributed by atoms with Gasteiger partial charge in [0.1, 0.15) is 11.0 Å². The fourth-order valence-electron chi connectivity index (χ4n) is 4.68. The Kier molecular flexibility index (Phi) is 4.47. The van der Waals surface area contributed by atoms with Crippen molar-refractivity contribution in [3.05, 3.63) is 29.3 Å². The van der Waals surface area contributed by atoms with E-state index in [0.29, 0.717) is 17.0 Å². The Morgan fingerprint density at radius 2 is 2.15 bits per heavy atom. The maximum Gasteiger partial charge on any atom is 0.182 e. The largest absolute Gasteiger partial charge is 0.375 e. The van der Waals surface area contributed by atoms with Crippen LogP contribution in [0.15, 0.2) is 18.3 Å². The molecule has 2 unspecified atom stereocenters. The minimum atomic E-state index is 0.115. The fourth-order valence-corrected chi connectivity index (χ4v) is 4.79. The molecule has 0 N–H and O–H groups in total. The van der Waals surface area contributed by atoms with Gasteiger partial charge in [-0.1, -0.05) is 18.5 Å². The van der Waals surface area contributed by atoms with E-state index in [1.807, 2.05) is 12.1 Å². The van der Waals surface area contributed by atoms with Crippen LogP contribution in [0.5, 0.6) is 0 Å². The summed E-state index contributed by atoms with van der Waals surface area (Å²) in [5.74, 6) is 3.86. The monoisotopic (exact) mass is 386 g/mol. The smallest absolute Gasteiger partial charge is 0.182 e. The molecule has 5 nitrogen and oxygen atoms in total. The van der Waals surface area contributed by atoms with Crippen LogP contribution >= 0.6 is 11.6 Å². The van der Waals surface area contributed by atoms with Crippen LogP contribution in [-0.4, -0.2) is 32.0 Å². The highest BCUT2D eigenvalue weighted by Gasteiger charge is 2.44. The molecule has 1 saturated heterocycles. The van der Waals surface area contributed by atoms with Gasteiger partial charge in [0.2, 0.25) is 0 Å². The molecule has 0 radical (unpaired) electrons. The molecule has 1 aliphatic heterocycles. The van der Waals surface area contributed by atoms with E-state index in [9.17, 15) is 0 Å². The molecular formula is C21H27ClN4O. The first-order chi connectivity index (χ1) is 13.1. The highest BCUT2D eigenvalue weighted by atomic mass is 35.5. The van der Waals surface area contributed by atoms with E-state index >= 15 is 0 Å². The average Bonchev–Trinajstić information content (AvgIpc) is 3.42. The number of ether oxygens (including phenoxy) is 1. The zero-order valence-corrected chi connectivity index (χ0v) is 16.7. The van der Waals surface area contributed by atoms with E-state index in [1.165, 1.54) is 32.1 Å². The lowest BCUT2D eigenvalue weighted by Gasteiger charge is -2.47. The van der Waals surface area contributed by atoms with Gasteiger partial charge >= 0.3 is 0 Å². The van der Waals surface area contributed by atoms with Crippen LogP contribution in [0, 0.1) is 11.8 Å². The molecule has 2 aromatic heterocycles. The third kappa shape index (κ3) is 3.52. The van der Waals surface area contributed by atoms with Crippen molar-refractivity contribution in [3.63, 3.8) is 0 Å². The minimum Gasteiger partial charge on any atom is -0.375 e. The molecule has 2 atom stereocenters. The fraction of sp³-hybridized carbons (Fsp3) is 0.667.